The first-order valence-corrected chi connectivity index (χ1v) is 5.79. The highest BCUT2D eigenvalue weighted by Crippen LogP contribution is 2.31. The number of likely N-dealkylation sites (tertiary alicyclic amines) is 1. The van der Waals surface area contributed by atoms with Crippen LogP contribution in [0.2, 0.25) is 0 Å². The monoisotopic (exact) mass is 213 g/mol. The van der Waals surface area contributed by atoms with Crippen molar-refractivity contribution in [2.45, 2.75) is 31.7 Å². The third kappa shape index (κ3) is 3.47. The van der Waals surface area contributed by atoms with Gasteiger partial charge in [-0.05, 0) is 31.7 Å². The first-order chi connectivity index (χ1) is 7.25. The van der Waals surface area contributed by atoms with E-state index in [1.54, 1.807) is 0 Å². The molecule has 0 radical (unpaired) electrons. The molecule has 4 heteroatoms. The van der Waals surface area contributed by atoms with Crippen LogP contribution in [0.3, 0.4) is 0 Å². The predicted molar refractivity (Wildman–Crippen MR) is 55.8 cm³/mol. The van der Waals surface area contributed by atoms with Gasteiger partial charge in [-0.1, -0.05) is 0 Å². The number of hydrogen-bond donors (Lipinski definition) is 1. The average molecular weight is 213 g/mol. The summed E-state index contributed by atoms with van der Waals surface area (Å²) in [4.78, 5) is 12.8. The summed E-state index contributed by atoms with van der Waals surface area (Å²) in [7, 11) is 0. The summed E-state index contributed by atoms with van der Waals surface area (Å²) in [6, 6.07) is 0.856. The smallest absolute Gasteiger partial charge is 0.305 e. The van der Waals surface area contributed by atoms with E-state index in [-0.39, 0.29) is 6.42 Å². The van der Waals surface area contributed by atoms with Crippen molar-refractivity contribution in [3.63, 3.8) is 0 Å². The zero-order valence-corrected chi connectivity index (χ0v) is 9.02. The third-order valence-electron chi connectivity index (χ3n) is 3.19. The molecule has 0 bridgehead atoms. The Bertz CT molecular complexity index is 228. The fourth-order valence-electron chi connectivity index (χ4n) is 2.18. The minimum Gasteiger partial charge on any atom is -0.481 e. The molecule has 2 rings (SSSR count). The van der Waals surface area contributed by atoms with Crippen molar-refractivity contribution in [1.82, 2.24) is 4.90 Å². The van der Waals surface area contributed by atoms with Crippen molar-refractivity contribution in [1.29, 1.82) is 0 Å². The van der Waals surface area contributed by atoms with E-state index < -0.39 is 5.97 Å². The van der Waals surface area contributed by atoms with Gasteiger partial charge in [0.15, 0.2) is 0 Å². The van der Waals surface area contributed by atoms with Gasteiger partial charge in [-0.25, -0.2) is 0 Å². The van der Waals surface area contributed by atoms with Crippen LogP contribution in [0.25, 0.3) is 0 Å². The van der Waals surface area contributed by atoms with Gasteiger partial charge in [0.05, 0.1) is 19.6 Å². The fraction of sp³-hybridized carbons (Fsp3) is 0.909. The van der Waals surface area contributed by atoms with E-state index >= 15 is 0 Å². The molecule has 4 nitrogen and oxygen atoms in total. The van der Waals surface area contributed by atoms with Crippen LogP contribution in [0.15, 0.2) is 0 Å². The second kappa shape index (κ2) is 4.94. The van der Waals surface area contributed by atoms with Gasteiger partial charge in [0.2, 0.25) is 0 Å². The van der Waals surface area contributed by atoms with Crippen LogP contribution in [0, 0.1) is 5.92 Å². The molecule has 15 heavy (non-hydrogen) atoms. The maximum absolute atomic E-state index is 10.3. The van der Waals surface area contributed by atoms with Gasteiger partial charge >= 0.3 is 5.97 Å². The van der Waals surface area contributed by atoms with E-state index in [0.717, 1.165) is 19.2 Å². The van der Waals surface area contributed by atoms with Gasteiger partial charge in [0.1, 0.15) is 0 Å². The molecule has 0 aromatic heterocycles. The van der Waals surface area contributed by atoms with Crippen LogP contribution in [0.5, 0.6) is 0 Å². The predicted octanol–water partition coefficient (Wildman–Crippen LogP) is 0.962. The average Bonchev–Trinajstić information content (AvgIpc) is 2.94. The minimum atomic E-state index is -0.777. The van der Waals surface area contributed by atoms with Crippen molar-refractivity contribution < 1.29 is 14.6 Å². The maximum Gasteiger partial charge on any atom is 0.305 e. The maximum atomic E-state index is 10.3. The van der Waals surface area contributed by atoms with Gasteiger partial charge in [0, 0.05) is 12.6 Å². The fourth-order valence-corrected chi connectivity index (χ4v) is 2.18. The van der Waals surface area contributed by atoms with Gasteiger partial charge in [-0.2, -0.15) is 0 Å². The summed E-state index contributed by atoms with van der Waals surface area (Å²) in [6.45, 7) is 3.45. The van der Waals surface area contributed by atoms with Crippen LogP contribution in [0.1, 0.15) is 25.7 Å². The zero-order chi connectivity index (χ0) is 10.7. The molecule has 2 aliphatic rings. The quantitative estimate of drug-likeness (QED) is 0.668. The molecule has 86 valence electrons. The summed E-state index contributed by atoms with van der Waals surface area (Å²) in [6.07, 6.45) is 4.07. The second-order valence-corrected chi connectivity index (χ2v) is 4.60. The number of aliphatic carboxylic acids is 1. The lowest BCUT2D eigenvalue weighted by Crippen LogP contribution is -2.24. The summed E-state index contributed by atoms with van der Waals surface area (Å²) in [5, 5.41) is 8.44. The highest BCUT2D eigenvalue weighted by molar-refractivity contribution is 5.66. The largest absolute Gasteiger partial charge is 0.481 e. The Labute approximate surface area is 90.2 Å². The van der Waals surface area contributed by atoms with Crippen LogP contribution >= 0.6 is 0 Å². The third-order valence-corrected chi connectivity index (χ3v) is 3.19. The summed E-state index contributed by atoms with van der Waals surface area (Å²) >= 11 is 0. The zero-order valence-electron chi connectivity index (χ0n) is 9.02. The number of carboxylic acid groups (broad SMARTS) is 1. The summed E-state index contributed by atoms with van der Waals surface area (Å²) < 4.78 is 5.37. The van der Waals surface area contributed by atoms with Crippen molar-refractivity contribution in [2.24, 2.45) is 5.92 Å². The highest BCUT2D eigenvalue weighted by atomic mass is 16.5. The van der Waals surface area contributed by atoms with Crippen LogP contribution in [0.4, 0.5) is 0 Å². The molecule has 0 aromatic rings. The summed E-state index contributed by atoms with van der Waals surface area (Å²) in [5.41, 5.74) is 0. The lowest BCUT2D eigenvalue weighted by molar-refractivity contribution is -0.138. The molecular formula is C11H19NO3. The first-order valence-electron chi connectivity index (χ1n) is 5.79. The number of ether oxygens (including phenoxy) is 1. The molecule has 2 fully saturated rings. The van der Waals surface area contributed by atoms with Crippen molar-refractivity contribution in [3.05, 3.63) is 0 Å². The molecule has 1 unspecified atom stereocenters. The van der Waals surface area contributed by atoms with Crippen molar-refractivity contribution in [3.8, 4) is 0 Å². The standard InChI is InChI=1S/C11H19NO3/c13-11(14)4-6-15-8-9-3-5-12(7-9)10-1-2-10/h9-10H,1-8H2,(H,13,14). The topological polar surface area (TPSA) is 49.8 Å². The number of rotatable bonds is 6. The molecule has 1 saturated heterocycles. The number of carbonyl (C=O) groups is 1. The molecular weight excluding hydrogens is 194 g/mol. The molecule has 1 aliphatic heterocycles. The van der Waals surface area contributed by atoms with Crippen LogP contribution in [-0.4, -0.2) is 48.3 Å². The molecule has 0 aromatic carbocycles. The summed E-state index contributed by atoms with van der Waals surface area (Å²) in [5.74, 6) is -0.152. The minimum absolute atomic E-state index is 0.124. The molecule has 1 saturated carbocycles. The Balaban J connectivity index is 1.54. The van der Waals surface area contributed by atoms with Gasteiger partial charge in [0.25, 0.3) is 0 Å². The lowest BCUT2D eigenvalue weighted by atomic mass is 10.1. The van der Waals surface area contributed by atoms with Gasteiger partial charge < -0.3 is 14.7 Å². The Morgan fingerprint density at radius 2 is 2.20 bits per heavy atom. The first kappa shape index (κ1) is 10.9. The Kier molecular flexibility index (Phi) is 3.59. The van der Waals surface area contributed by atoms with E-state index in [4.69, 9.17) is 9.84 Å². The van der Waals surface area contributed by atoms with E-state index in [2.05, 4.69) is 4.90 Å². The van der Waals surface area contributed by atoms with Crippen molar-refractivity contribution in [2.75, 3.05) is 26.3 Å². The molecule has 1 N–H and O–H groups in total. The van der Waals surface area contributed by atoms with E-state index in [0.29, 0.717) is 12.5 Å². The Morgan fingerprint density at radius 3 is 2.87 bits per heavy atom. The molecule has 1 aliphatic carbocycles. The van der Waals surface area contributed by atoms with Gasteiger partial charge in [-0.3, -0.25) is 4.79 Å². The molecule has 1 atom stereocenters. The Morgan fingerprint density at radius 1 is 1.40 bits per heavy atom. The van der Waals surface area contributed by atoms with Crippen molar-refractivity contribution >= 4 is 5.97 Å². The molecule has 0 amide bonds. The SMILES string of the molecule is O=C(O)CCOCC1CCN(C2CC2)C1. The highest BCUT2D eigenvalue weighted by Gasteiger charge is 2.34. The van der Waals surface area contributed by atoms with E-state index in [1.165, 1.54) is 25.8 Å². The second-order valence-electron chi connectivity index (χ2n) is 4.60. The van der Waals surface area contributed by atoms with Crippen LogP contribution in [-0.2, 0) is 9.53 Å². The lowest BCUT2D eigenvalue weighted by Gasteiger charge is -2.14. The number of hydrogen-bond acceptors (Lipinski definition) is 3. The number of nitrogens with zero attached hydrogens (tertiary/aromatic N) is 1. The normalized spacial score (nSPS) is 27.1. The Hall–Kier alpha value is -0.610. The number of carboxylic acids is 1. The van der Waals surface area contributed by atoms with E-state index in [9.17, 15) is 4.79 Å². The van der Waals surface area contributed by atoms with Gasteiger partial charge in [-0.15, -0.1) is 0 Å². The molecule has 1 heterocycles. The van der Waals surface area contributed by atoms with Crippen LogP contribution < -0.4 is 0 Å². The van der Waals surface area contributed by atoms with E-state index in [1.807, 2.05) is 0 Å². The molecule has 0 spiro atoms.